The first kappa shape index (κ1) is 13.6. The van der Waals surface area contributed by atoms with Crippen LogP contribution in [0.15, 0.2) is 6.33 Å². The van der Waals surface area contributed by atoms with Gasteiger partial charge in [0.2, 0.25) is 11.5 Å². The van der Waals surface area contributed by atoms with Crippen LogP contribution < -0.4 is 5.73 Å². The molecule has 3 heterocycles. The van der Waals surface area contributed by atoms with Gasteiger partial charge < -0.3 is 30.8 Å². The second kappa shape index (κ2) is 4.87. The summed E-state index contributed by atoms with van der Waals surface area (Å²) >= 11 is 0. The van der Waals surface area contributed by atoms with Crippen LogP contribution in [0.2, 0.25) is 0 Å². The Morgan fingerprint density at radius 3 is 2.95 bits per heavy atom. The summed E-state index contributed by atoms with van der Waals surface area (Å²) in [5, 5.41) is 29.6. The Morgan fingerprint density at radius 1 is 1.57 bits per heavy atom. The Kier molecular flexibility index (Phi) is 3.16. The van der Waals surface area contributed by atoms with Gasteiger partial charge in [0.05, 0.1) is 12.7 Å². The highest BCUT2D eigenvalue weighted by atomic mass is 16.6. The van der Waals surface area contributed by atoms with Crippen LogP contribution in [0.3, 0.4) is 0 Å². The fourth-order valence-corrected chi connectivity index (χ4v) is 2.27. The fraction of sp³-hybridized carbons (Fsp3) is 0.500. The molecule has 2 aromatic heterocycles. The Hall–Kier alpha value is -2.37. The molecule has 1 saturated heterocycles. The number of ether oxygens (including phenoxy) is 1. The summed E-state index contributed by atoms with van der Waals surface area (Å²) in [6, 6.07) is 0. The minimum Gasteiger partial charge on any atom is -0.394 e. The van der Waals surface area contributed by atoms with Crippen LogP contribution in [-0.2, 0) is 4.74 Å². The molecule has 3 rings (SSSR count). The molecule has 11 nitrogen and oxygen atoms in total. The molecule has 1 aliphatic rings. The molecule has 11 heteroatoms. The summed E-state index contributed by atoms with van der Waals surface area (Å²) in [7, 11) is 0. The Morgan fingerprint density at radius 2 is 2.33 bits per heavy atom. The number of nitrogens with zero attached hydrogens (tertiary/aromatic N) is 5. The SMILES string of the molecule is Nc1nc([N+](=O)[O-])nc2c1ncn2[C@H]1CC(O)[C@@H](CO)O1. The minimum atomic E-state index is -0.841. The highest BCUT2D eigenvalue weighted by Gasteiger charge is 2.36. The highest BCUT2D eigenvalue weighted by molar-refractivity contribution is 5.82. The van der Waals surface area contributed by atoms with Crippen LogP contribution in [0, 0.1) is 10.1 Å². The molecule has 1 aliphatic heterocycles. The number of nitrogen functional groups attached to an aromatic ring is 1. The zero-order valence-corrected chi connectivity index (χ0v) is 10.7. The van der Waals surface area contributed by atoms with E-state index in [-0.39, 0.29) is 30.0 Å². The second-order valence-electron chi connectivity index (χ2n) is 4.60. The van der Waals surface area contributed by atoms with E-state index in [1.807, 2.05) is 0 Å². The molecule has 1 unspecified atom stereocenters. The van der Waals surface area contributed by atoms with Gasteiger partial charge in [-0.25, -0.2) is 4.98 Å². The van der Waals surface area contributed by atoms with Gasteiger partial charge in [-0.15, -0.1) is 0 Å². The number of nitrogens with two attached hydrogens (primary N) is 1. The maximum absolute atomic E-state index is 10.8. The van der Waals surface area contributed by atoms with E-state index in [0.717, 1.165) is 0 Å². The van der Waals surface area contributed by atoms with Gasteiger partial charge in [0.25, 0.3) is 0 Å². The Labute approximate surface area is 117 Å². The normalized spacial score (nSPS) is 25.5. The number of anilines is 1. The van der Waals surface area contributed by atoms with Gasteiger partial charge in [-0.2, -0.15) is 0 Å². The van der Waals surface area contributed by atoms with E-state index in [1.54, 1.807) is 0 Å². The fourth-order valence-electron chi connectivity index (χ4n) is 2.27. The van der Waals surface area contributed by atoms with Crippen molar-refractivity contribution in [3.8, 4) is 0 Å². The zero-order valence-electron chi connectivity index (χ0n) is 10.7. The van der Waals surface area contributed by atoms with Gasteiger partial charge >= 0.3 is 5.95 Å². The molecule has 0 bridgehead atoms. The largest absolute Gasteiger partial charge is 0.473 e. The smallest absolute Gasteiger partial charge is 0.394 e. The standard InChI is InChI=1S/C10H12N6O5/c11-8-7-9(14-10(13-8)16(19)20)15(3-12-7)6-1-4(18)5(2-17)21-6/h3-6,17-18H,1-2H2,(H2,11,13,14)/t4?,5-,6-/m1/s1. The lowest BCUT2D eigenvalue weighted by atomic mass is 10.2. The summed E-state index contributed by atoms with van der Waals surface area (Å²) in [6.07, 6.45) is -0.644. The quantitative estimate of drug-likeness (QED) is 0.474. The lowest BCUT2D eigenvalue weighted by Gasteiger charge is -2.12. The number of nitro groups is 1. The minimum absolute atomic E-state index is 0.109. The third-order valence-electron chi connectivity index (χ3n) is 3.29. The first-order valence-electron chi connectivity index (χ1n) is 6.10. The number of rotatable bonds is 3. The van der Waals surface area contributed by atoms with E-state index in [2.05, 4.69) is 15.0 Å². The first-order valence-corrected chi connectivity index (χ1v) is 6.10. The van der Waals surface area contributed by atoms with Gasteiger partial charge in [0, 0.05) is 6.42 Å². The number of fused-ring (bicyclic) bond motifs is 1. The molecule has 1 fully saturated rings. The number of hydrogen-bond donors (Lipinski definition) is 3. The van der Waals surface area contributed by atoms with Crippen LogP contribution in [0.1, 0.15) is 12.6 Å². The topological polar surface area (TPSA) is 162 Å². The molecule has 0 saturated carbocycles. The number of aliphatic hydroxyl groups excluding tert-OH is 2. The van der Waals surface area contributed by atoms with Crippen molar-refractivity contribution in [2.24, 2.45) is 0 Å². The van der Waals surface area contributed by atoms with E-state index in [0.29, 0.717) is 0 Å². The van der Waals surface area contributed by atoms with Crippen molar-refractivity contribution in [2.45, 2.75) is 24.9 Å². The number of aliphatic hydroxyl groups is 2. The summed E-state index contributed by atoms with van der Waals surface area (Å²) in [5.41, 5.74) is 5.98. The molecule has 3 atom stereocenters. The molecule has 21 heavy (non-hydrogen) atoms. The number of hydrogen-bond acceptors (Lipinski definition) is 9. The average molecular weight is 296 g/mol. The molecule has 0 radical (unpaired) electrons. The summed E-state index contributed by atoms with van der Waals surface area (Å²) in [5.74, 6) is -0.748. The summed E-state index contributed by atoms with van der Waals surface area (Å²) < 4.78 is 6.90. The third-order valence-corrected chi connectivity index (χ3v) is 3.29. The predicted octanol–water partition coefficient (Wildman–Crippen LogP) is -1.04. The first-order chi connectivity index (χ1) is 10.0. The van der Waals surface area contributed by atoms with Crippen molar-refractivity contribution in [1.29, 1.82) is 0 Å². The van der Waals surface area contributed by atoms with Crippen molar-refractivity contribution < 1.29 is 19.9 Å². The molecule has 0 aromatic carbocycles. The van der Waals surface area contributed by atoms with Gasteiger partial charge in [-0.05, 0) is 14.9 Å². The summed E-state index contributed by atoms with van der Waals surface area (Å²) in [6.45, 7) is -0.332. The van der Waals surface area contributed by atoms with Gasteiger partial charge in [0.1, 0.15) is 18.7 Å². The van der Waals surface area contributed by atoms with E-state index >= 15 is 0 Å². The lowest BCUT2D eigenvalue weighted by Crippen LogP contribution is -2.24. The zero-order chi connectivity index (χ0) is 15.1. The molecule has 0 aliphatic carbocycles. The van der Waals surface area contributed by atoms with Crippen molar-refractivity contribution in [3.05, 3.63) is 16.4 Å². The third kappa shape index (κ3) is 2.16. The van der Waals surface area contributed by atoms with Crippen molar-refractivity contribution in [1.82, 2.24) is 19.5 Å². The molecular weight excluding hydrogens is 284 g/mol. The molecule has 0 amide bonds. The second-order valence-corrected chi connectivity index (χ2v) is 4.60. The Bertz CT molecular complexity index is 703. The van der Waals surface area contributed by atoms with E-state index in [9.17, 15) is 15.2 Å². The maximum Gasteiger partial charge on any atom is 0.473 e. The molecule has 2 aromatic rings. The molecule has 112 valence electrons. The van der Waals surface area contributed by atoms with E-state index < -0.39 is 29.3 Å². The van der Waals surface area contributed by atoms with Gasteiger partial charge in [-0.1, -0.05) is 0 Å². The van der Waals surface area contributed by atoms with Crippen LogP contribution in [0.25, 0.3) is 11.2 Å². The maximum atomic E-state index is 10.8. The van der Waals surface area contributed by atoms with Gasteiger partial charge in [0.15, 0.2) is 5.52 Å². The van der Waals surface area contributed by atoms with Crippen LogP contribution in [-0.4, -0.2) is 53.5 Å². The van der Waals surface area contributed by atoms with Crippen molar-refractivity contribution in [3.63, 3.8) is 0 Å². The summed E-state index contributed by atoms with van der Waals surface area (Å²) in [4.78, 5) is 21.4. The predicted molar refractivity (Wildman–Crippen MR) is 68.0 cm³/mol. The van der Waals surface area contributed by atoms with Crippen LogP contribution in [0.4, 0.5) is 11.8 Å². The van der Waals surface area contributed by atoms with E-state index in [4.69, 9.17) is 15.6 Å². The monoisotopic (exact) mass is 296 g/mol. The lowest BCUT2D eigenvalue weighted by molar-refractivity contribution is -0.394. The molecule has 0 spiro atoms. The number of imidazole rings is 1. The van der Waals surface area contributed by atoms with Crippen LogP contribution in [0.5, 0.6) is 0 Å². The van der Waals surface area contributed by atoms with E-state index in [1.165, 1.54) is 10.9 Å². The van der Waals surface area contributed by atoms with Gasteiger partial charge in [-0.3, -0.25) is 4.57 Å². The highest BCUT2D eigenvalue weighted by Crippen LogP contribution is 2.31. The van der Waals surface area contributed by atoms with Crippen LogP contribution >= 0.6 is 0 Å². The van der Waals surface area contributed by atoms with Crippen molar-refractivity contribution in [2.75, 3.05) is 12.3 Å². The Balaban J connectivity index is 2.06. The number of aromatic nitrogens is 4. The van der Waals surface area contributed by atoms with Crippen molar-refractivity contribution >= 4 is 22.9 Å². The molecular formula is C10H12N6O5. The average Bonchev–Trinajstić information content (AvgIpc) is 3.01. The molecule has 4 N–H and O–H groups in total.